The Bertz CT molecular complexity index is 445. The van der Waals surface area contributed by atoms with Gasteiger partial charge in [0.15, 0.2) is 5.11 Å². The van der Waals surface area contributed by atoms with Crippen LogP contribution in [0.3, 0.4) is 0 Å². The second-order valence-electron chi connectivity index (χ2n) is 3.49. The summed E-state index contributed by atoms with van der Waals surface area (Å²) in [5, 5.41) is 30.6. The van der Waals surface area contributed by atoms with Crippen molar-refractivity contribution in [2.24, 2.45) is 5.73 Å². The molecule has 6 heteroatoms. The highest BCUT2D eigenvalue weighted by Crippen LogP contribution is 2.21. The van der Waals surface area contributed by atoms with Gasteiger partial charge in [-0.05, 0) is 29.9 Å². The average Bonchev–Trinajstić information content (AvgIpc) is 2.28. The highest BCUT2D eigenvalue weighted by molar-refractivity contribution is 7.80. The summed E-state index contributed by atoms with van der Waals surface area (Å²) >= 11 is 4.69. The van der Waals surface area contributed by atoms with Crippen LogP contribution in [0.15, 0.2) is 24.3 Å². The van der Waals surface area contributed by atoms with Crippen LogP contribution in [0, 0.1) is 11.3 Å². The summed E-state index contributed by atoms with van der Waals surface area (Å²) in [5.74, 6) is 0. The highest BCUT2D eigenvalue weighted by atomic mass is 32.1. The van der Waals surface area contributed by atoms with Gasteiger partial charge in [-0.25, -0.2) is 0 Å². The maximum atomic E-state index is 9.79. The van der Waals surface area contributed by atoms with Gasteiger partial charge in [0.05, 0.1) is 18.6 Å². The van der Waals surface area contributed by atoms with Crippen LogP contribution in [0.5, 0.6) is 0 Å². The van der Waals surface area contributed by atoms with E-state index in [1.54, 1.807) is 30.3 Å². The number of anilines is 1. The Kier molecular flexibility index (Phi) is 4.84. The number of nitrogens with one attached hydrogen (secondary N) is 1. The van der Waals surface area contributed by atoms with E-state index in [2.05, 4.69) is 5.32 Å². The molecule has 0 fully saturated rings. The molecule has 1 aromatic carbocycles. The predicted octanol–water partition coefficient (Wildman–Crippen LogP) is 0.650. The van der Waals surface area contributed by atoms with Gasteiger partial charge in [-0.15, -0.1) is 0 Å². The summed E-state index contributed by atoms with van der Waals surface area (Å²) in [5.41, 5.74) is 6.44. The minimum atomic E-state index is -1.11. The van der Waals surface area contributed by atoms with E-state index in [9.17, 15) is 10.2 Å². The maximum Gasteiger partial charge on any atom is 0.168 e. The predicted molar refractivity (Wildman–Crippen MR) is 68.0 cm³/mol. The van der Waals surface area contributed by atoms with E-state index in [4.69, 9.17) is 23.2 Å². The zero-order valence-corrected chi connectivity index (χ0v) is 9.81. The van der Waals surface area contributed by atoms with Gasteiger partial charge < -0.3 is 21.3 Å². The van der Waals surface area contributed by atoms with Gasteiger partial charge in [-0.1, -0.05) is 12.1 Å². The van der Waals surface area contributed by atoms with Crippen LogP contribution in [0.2, 0.25) is 0 Å². The third-order valence-corrected chi connectivity index (χ3v) is 2.26. The van der Waals surface area contributed by atoms with Crippen LogP contribution in [0.25, 0.3) is 0 Å². The van der Waals surface area contributed by atoms with E-state index < -0.39 is 12.2 Å². The van der Waals surface area contributed by atoms with Crippen LogP contribution < -0.4 is 11.1 Å². The molecule has 0 saturated carbocycles. The lowest BCUT2D eigenvalue weighted by molar-refractivity contribution is 0.0217. The van der Waals surface area contributed by atoms with E-state index in [0.29, 0.717) is 11.3 Å². The molecule has 0 heterocycles. The minimum absolute atomic E-state index is 0.120. The van der Waals surface area contributed by atoms with Crippen LogP contribution in [-0.2, 0) is 0 Å². The number of benzene rings is 1. The first-order valence-corrected chi connectivity index (χ1v) is 5.35. The number of aliphatic hydroxyl groups is 2. The Morgan fingerprint density at radius 2 is 2.24 bits per heavy atom. The second kappa shape index (κ2) is 6.15. The normalized spacial score (nSPS) is 13.5. The number of nitriles is 1. The fourth-order valence-corrected chi connectivity index (χ4v) is 1.49. The molecule has 1 rings (SSSR count). The van der Waals surface area contributed by atoms with Crippen molar-refractivity contribution in [3.63, 3.8) is 0 Å². The molecular formula is C11H13N3O2S. The van der Waals surface area contributed by atoms with Crippen LogP contribution in [-0.4, -0.2) is 21.4 Å². The van der Waals surface area contributed by atoms with Crippen molar-refractivity contribution in [1.82, 2.24) is 0 Å². The van der Waals surface area contributed by atoms with Gasteiger partial charge in [0.1, 0.15) is 6.10 Å². The molecule has 0 radical (unpaired) electrons. The summed E-state index contributed by atoms with van der Waals surface area (Å²) in [4.78, 5) is 0. The molecule has 0 aromatic heterocycles. The fraction of sp³-hybridized carbons (Fsp3) is 0.273. The highest BCUT2D eigenvalue weighted by Gasteiger charge is 2.18. The van der Waals surface area contributed by atoms with Crippen molar-refractivity contribution < 1.29 is 10.2 Å². The molecule has 5 nitrogen and oxygen atoms in total. The third-order valence-electron chi connectivity index (χ3n) is 2.16. The lowest BCUT2D eigenvalue weighted by atomic mass is 10.0. The zero-order chi connectivity index (χ0) is 12.8. The van der Waals surface area contributed by atoms with Gasteiger partial charge in [-0.2, -0.15) is 5.26 Å². The van der Waals surface area contributed by atoms with E-state index in [1.165, 1.54) is 0 Å². The number of nitrogens with two attached hydrogens (primary N) is 1. The number of nitrogens with zero attached hydrogens (tertiary/aromatic N) is 1. The molecule has 1 aromatic rings. The Hall–Kier alpha value is -1.68. The number of thiocarbonyl (C=S) groups is 1. The summed E-state index contributed by atoms with van der Waals surface area (Å²) in [6.45, 7) is 0. The number of aliphatic hydroxyl groups excluding tert-OH is 2. The Labute approximate surface area is 104 Å². The first kappa shape index (κ1) is 13.4. The molecule has 0 aliphatic heterocycles. The lowest BCUT2D eigenvalue weighted by Crippen LogP contribution is -2.20. The standard InChI is InChI=1S/C11H13N3O2S/c12-5-4-9(15)10(16)7-2-1-3-8(6-7)14-11(13)17/h1-3,6,9-10,15-16H,4H2,(H3,13,14,17). The number of rotatable bonds is 4. The van der Waals surface area contributed by atoms with E-state index in [1.807, 2.05) is 0 Å². The molecule has 0 aliphatic rings. The lowest BCUT2D eigenvalue weighted by Gasteiger charge is -2.16. The van der Waals surface area contributed by atoms with E-state index in [-0.39, 0.29) is 11.5 Å². The zero-order valence-electron chi connectivity index (χ0n) is 9.00. The Morgan fingerprint density at radius 1 is 1.53 bits per heavy atom. The smallest absolute Gasteiger partial charge is 0.168 e. The quantitative estimate of drug-likeness (QED) is 0.586. The van der Waals surface area contributed by atoms with Crippen molar-refractivity contribution in [2.75, 3.05) is 5.32 Å². The van der Waals surface area contributed by atoms with Gasteiger partial charge >= 0.3 is 0 Å². The van der Waals surface area contributed by atoms with Crippen molar-refractivity contribution >= 4 is 23.0 Å². The van der Waals surface area contributed by atoms with Crippen LogP contribution >= 0.6 is 12.2 Å². The second-order valence-corrected chi connectivity index (χ2v) is 3.93. The first-order valence-electron chi connectivity index (χ1n) is 4.94. The van der Waals surface area contributed by atoms with Crippen molar-refractivity contribution in [1.29, 1.82) is 5.26 Å². The molecule has 2 unspecified atom stereocenters. The van der Waals surface area contributed by atoms with Gasteiger partial charge in [-0.3, -0.25) is 0 Å². The van der Waals surface area contributed by atoms with E-state index in [0.717, 1.165) is 0 Å². The monoisotopic (exact) mass is 251 g/mol. The molecule has 2 atom stereocenters. The molecule has 5 N–H and O–H groups in total. The number of hydrogen-bond acceptors (Lipinski definition) is 4. The average molecular weight is 251 g/mol. The van der Waals surface area contributed by atoms with Crippen molar-refractivity contribution in [3.8, 4) is 6.07 Å². The summed E-state index contributed by atoms with van der Waals surface area (Å²) in [7, 11) is 0. The molecule has 0 saturated heterocycles. The van der Waals surface area contributed by atoms with Crippen molar-refractivity contribution in [3.05, 3.63) is 29.8 Å². The van der Waals surface area contributed by atoms with Gasteiger partial charge in [0.2, 0.25) is 0 Å². The largest absolute Gasteiger partial charge is 0.389 e. The van der Waals surface area contributed by atoms with Crippen LogP contribution in [0.4, 0.5) is 5.69 Å². The molecule has 0 bridgehead atoms. The topological polar surface area (TPSA) is 102 Å². The van der Waals surface area contributed by atoms with Gasteiger partial charge in [0, 0.05) is 5.69 Å². The number of hydrogen-bond donors (Lipinski definition) is 4. The molecule has 0 amide bonds. The van der Waals surface area contributed by atoms with Gasteiger partial charge in [0.25, 0.3) is 0 Å². The molecule has 0 aliphatic carbocycles. The summed E-state index contributed by atoms with van der Waals surface area (Å²) < 4.78 is 0. The minimum Gasteiger partial charge on any atom is -0.389 e. The van der Waals surface area contributed by atoms with Crippen LogP contribution in [0.1, 0.15) is 18.1 Å². The third kappa shape index (κ3) is 4.00. The first-order chi connectivity index (χ1) is 8.04. The molecule has 0 spiro atoms. The van der Waals surface area contributed by atoms with Crippen molar-refractivity contribution in [2.45, 2.75) is 18.6 Å². The molecule has 90 valence electrons. The Balaban J connectivity index is 2.84. The summed E-state index contributed by atoms with van der Waals surface area (Å²) in [6, 6.07) is 8.48. The maximum absolute atomic E-state index is 9.79. The molecule has 17 heavy (non-hydrogen) atoms. The van der Waals surface area contributed by atoms with E-state index >= 15 is 0 Å². The fourth-order valence-electron chi connectivity index (χ4n) is 1.37. The Morgan fingerprint density at radius 3 is 2.82 bits per heavy atom. The summed E-state index contributed by atoms with van der Waals surface area (Å²) in [6.07, 6.45) is -2.35. The SMILES string of the molecule is N#CCC(O)C(O)c1cccc(NC(N)=S)c1. The molecular weight excluding hydrogens is 238 g/mol.